The van der Waals surface area contributed by atoms with E-state index in [0.29, 0.717) is 4.34 Å². The number of nitrogens with zero attached hydrogens (tertiary/aromatic N) is 6. The van der Waals surface area contributed by atoms with Gasteiger partial charge in [0.25, 0.3) is 0 Å². The molecule has 0 unspecified atom stereocenters. The minimum absolute atomic E-state index is 0.00159. The summed E-state index contributed by atoms with van der Waals surface area (Å²) >= 11 is 2.22. The third kappa shape index (κ3) is 2.31. The van der Waals surface area contributed by atoms with E-state index < -0.39 is 9.92 Å². The summed E-state index contributed by atoms with van der Waals surface area (Å²) < 4.78 is 0.533. The summed E-state index contributed by atoms with van der Waals surface area (Å²) in [4.78, 5) is 13.2. The summed E-state index contributed by atoms with van der Waals surface area (Å²) in [5.74, 6) is 0.0606. The lowest BCUT2D eigenvalue weighted by atomic mass is 10.2. The first-order chi connectivity index (χ1) is 8.03. The maximum Gasteiger partial charge on any atom is 0.344 e. The normalized spacial score (nSPS) is 16.9. The summed E-state index contributed by atoms with van der Waals surface area (Å²) in [6.07, 6.45) is 1.23. The number of hydrogen-bond donors (Lipinski definition) is 0. The van der Waals surface area contributed by atoms with Gasteiger partial charge in [0.2, 0.25) is 4.99 Å². The average Bonchev–Trinajstić information content (AvgIpc) is 2.88. The maximum atomic E-state index is 10.5. The molecule has 0 saturated carbocycles. The van der Waals surface area contributed by atoms with Gasteiger partial charge in [0.05, 0.1) is 4.92 Å². The van der Waals surface area contributed by atoms with Crippen molar-refractivity contribution in [2.45, 2.75) is 23.2 Å². The second-order valence-electron chi connectivity index (χ2n) is 3.52. The fourth-order valence-electron chi connectivity index (χ4n) is 1.09. The second-order valence-corrected chi connectivity index (χ2v) is 5.97. The SMILES string of the molecule is CC(C)C1(Sc2ncc([N+](=O)[O-])s2)N=NN=N1. The van der Waals surface area contributed by atoms with Gasteiger partial charge in [-0.25, -0.2) is 4.98 Å². The molecule has 0 aliphatic carbocycles. The highest BCUT2D eigenvalue weighted by atomic mass is 32.2. The zero-order valence-electron chi connectivity index (χ0n) is 8.97. The standard InChI is InChI=1S/C7H8N6O2S2/c1-4(2)7(9-11-12-10-7)17-6-8-3-5(16-6)13(14)15/h3-4H,1-2H3. The number of hydrogen-bond acceptors (Lipinski definition) is 9. The zero-order valence-corrected chi connectivity index (χ0v) is 10.6. The zero-order chi connectivity index (χ0) is 12.5. The first kappa shape index (κ1) is 12.0. The van der Waals surface area contributed by atoms with Crippen LogP contribution >= 0.6 is 23.1 Å². The Balaban J connectivity index is 2.21. The monoisotopic (exact) mass is 272 g/mol. The molecular formula is C7H8N6O2S2. The van der Waals surface area contributed by atoms with Crippen molar-refractivity contribution in [2.75, 3.05) is 0 Å². The van der Waals surface area contributed by atoms with Crippen LogP contribution in [0.25, 0.3) is 0 Å². The maximum absolute atomic E-state index is 10.5. The van der Waals surface area contributed by atoms with Gasteiger partial charge in [-0.05, 0) is 33.5 Å². The largest absolute Gasteiger partial charge is 0.344 e. The Morgan fingerprint density at radius 1 is 1.47 bits per heavy atom. The third-order valence-corrected chi connectivity index (χ3v) is 4.52. The van der Waals surface area contributed by atoms with Crippen LogP contribution in [0.5, 0.6) is 0 Å². The van der Waals surface area contributed by atoms with E-state index in [-0.39, 0.29) is 10.9 Å². The van der Waals surface area contributed by atoms with Crippen LogP contribution in [0.1, 0.15) is 13.8 Å². The Bertz CT molecular complexity index is 484. The highest BCUT2D eigenvalue weighted by Gasteiger charge is 2.39. The quantitative estimate of drug-likeness (QED) is 0.619. The van der Waals surface area contributed by atoms with Gasteiger partial charge >= 0.3 is 5.00 Å². The Morgan fingerprint density at radius 3 is 2.59 bits per heavy atom. The number of thioether (sulfide) groups is 1. The van der Waals surface area contributed by atoms with Crippen molar-refractivity contribution in [2.24, 2.45) is 26.6 Å². The van der Waals surface area contributed by atoms with Crippen molar-refractivity contribution < 1.29 is 4.92 Å². The first-order valence-electron chi connectivity index (χ1n) is 4.67. The van der Waals surface area contributed by atoms with Crippen molar-refractivity contribution in [1.82, 2.24) is 4.98 Å². The summed E-state index contributed by atoms with van der Waals surface area (Å²) in [5.41, 5.74) is 0. The van der Waals surface area contributed by atoms with Crippen LogP contribution < -0.4 is 0 Å². The molecule has 1 aromatic heterocycles. The van der Waals surface area contributed by atoms with Crippen LogP contribution in [0.2, 0.25) is 0 Å². The summed E-state index contributed by atoms with van der Waals surface area (Å²) in [6, 6.07) is 0. The second kappa shape index (κ2) is 4.45. The average molecular weight is 272 g/mol. The molecule has 2 rings (SSSR count). The van der Waals surface area contributed by atoms with Gasteiger partial charge in [-0.2, -0.15) is 0 Å². The fraction of sp³-hybridized carbons (Fsp3) is 0.571. The van der Waals surface area contributed by atoms with Crippen molar-refractivity contribution in [1.29, 1.82) is 0 Å². The van der Waals surface area contributed by atoms with Gasteiger partial charge in [0.15, 0.2) is 4.34 Å². The number of rotatable bonds is 4. The molecule has 8 nitrogen and oxygen atoms in total. The molecule has 0 saturated heterocycles. The van der Waals surface area contributed by atoms with E-state index in [1.165, 1.54) is 18.0 Å². The van der Waals surface area contributed by atoms with Crippen molar-refractivity contribution >= 4 is 28.1 Å². The van der Waals surface area contributed by atoms with Gasteiger partial charge in [-0.15, -0.1) is 10.2 Å². The molecule has 0 spiro atoms. The van der Waals surface area contributed by atoms with E-state index in [1.807, 2.05) is 13.8 Å². The van der Waals surface area contributed by atoms with E-state index in [1.54, 1.807) is 0 Å². The van der Waals surface area contributed by atoms with E-state index >= 15 is 0 Å². The summed E-state index contributed by atoms with van der Waals surface area (Å²) in [7, 11) is 0. The van der Waals surface area contributed by atoms with E-state index in [2.05, 4.69) is 25.7 Å². The van der Waals surface area contributed by atoms with Crippen molar-refractivity contribution in [3.05, 3.63) is 16.3 Å². The Kier molecular flexibility index (Phi) is 3.15. The summed E-state index contributed by atoms with van der Waals surface area (Å²) in [5, 5.41) is 25.5. The molecule has 0 radical (unpaired) electrons. The molecule has 90 valence electrons. The molecule has 1 aliphatic heterocycles. The van der Waals surface area contributed by atoms with Crippen molar-refractivity contribution in [3.8, 4) is 0 Å². The highest BCUT2D eigenvalue weighted by molar-refractivity contribution is 8.02. The molecule has 1 aromatic rings. The van der Waals surface area contributed by atoms with Crippen LogP contribution in [0.15, 0.2) is 31.2 Å². The predicted molar refractivity (Wildman–Crippen MR) is 61.9 cm³/mol. The lowest BCUT2D eigenvalue weighted by molar-refractivity contribution is -0.380. The lowest BCUT2D eigenvalue weighted by Gasteiger charge is -2.21. The number of thiazole rings is 1. The van der Waals surface area contributed by atoms with Gasteiger partial charge in [0, 0.05) is 5.92 Å². The van der Waals surface area contributed by atoms with E-state index in [0.717, 1.165) is 11.3 Å². The number of nitro groups is 1. The molecule has 10 heteroatoms. The molecule has 0 amide bonds. The lowest BCUT2D eigenvalue weighted by Crippen LogP contribution is -2.23. The van der Waals surface area contributed by atoms with Crippen LogP contribution in [0.4, 0.5) is 5.00 Å². The van der Waals surface area contributed by atoms with Gasteiger partial charge in [0.1, 0.15) is 6.20 Å². The fourth-order valence-corrected chi connectivity index (χ4v) is 3.10. The molecule has 1 aliphatic rings. The van der Waals surface area contributed by atoms with Crippen LogP contribution in [-0.4, -0.2) is 14.9 Å². The first-order valence-corrected chi connectivity index (χ1v) is 6.30. The molecule has 0 atom stereocenters. The van der Waals surface area contributed by atoms with Gasteiger partial charge in [-0.3, -0.25) is 10.1 Å². The van der Waals surface area contributed by atoms with Gasteiger partial charge in [-0.1, -0.05) is 13.8 Å². The van der Waals surface area contributed by atoms with Crippen LogP contribution in [0, 0.1) is 16.0 Å². The van der Waals surface area contributed by atoms with Crippen molar-refractivity contribution in [3.63, 3.8) is 0 Å². The molecule has 17 heavy (non-hydrogen) atoms. The minimum atomic E-state index is -0.842. The molecule has 0 bridgehead atoms. The van der Waals surface area contributed by atoms with Gasteiger partial charge < -0.3 is 0 Å². The van der Waals surface area contributed by atoms with Crippen LogP contribution in [-0.2, 0) is 0 Å². The smallest absolute Gasteiger partial charge is 0.257 e. The van der Waals surface area contributed by atoms with E-state index in [4.69, 9.17) is 0 Å². The molecule has 0 fully saturated rings. The molecular weight excluding hydrogens is 264 g/mol. The minimum Gasteiger partial charge on any atom is -0.257 e. The van der Waals surface area contributed by atoms with Crippen LogP contribution in [0.3, 0.4) is 0 Å². The topological polar surface area (TPSA) is 105 Å². The number of aromatic nitrogens is 1. The Hall–Kier alpha value is -1.42. The third-order valence-electron chi connectivity index (χ3n) is 2.06. The summed E-state index contributed by atoms with van der Waals surface area (Å²) in [6.45, 7) is 3.86. The molecule has 0 N–H and O–H groups in total. The molecule has 2 heterocycles. The Morgan fingerprint density at radius 2 is 2.12 bits per heavy atom. The molecule has 0 aromatic carbocycles. The Labute approximate surface area is 104 Å². The highest BCUT2D eigenvalue weighted by Crippen LogP contribution is 2.45. The van der Waals surface area contributed by atoms with E-state index in [9.17, 15) is 10.1 Å². The predicted octanol–water partition coefficient (Wildman–Crippen LogP) is 3.29.